The zero-order chi connectivity index (χ0) is 38.9. The third-order valence-corrected chi connectivity index (χ3v) is 11.8. The quantitative estimate of drug-likeness (QED) is 0.165. The van der Waals surface area contributed by atoms with E-state index in [1.807, 2.05) is 60.7 Å². The number of hydrogen-bond donors (Lipinski definition) is 0. The van der Waals surface area contributed by atoms with Gasteiger partial charge in [-0.3, -0.25) is 0 Å². The Hall–Kier alpha value is -7.95. The standard InChI is InChI=1S/C55H34N4/c1-4-16-35(17-5-1)47-34-48-43-25-13-15-27-45(43)52-50(49(48)44-26-14-12-24-42(44)47)46-33-30-36-18-10-11-23-41(36)51(46)59(52)40-31-28-39(29-32-40)55-57-53(37-19-6-2-7-20-37)56-54(58-55)38-21-8-3-9-22-38/h1-34H. The summed E-state index contributed by atoms with van der Waals surface area (Å²) in [6.45, 7) is 0. The van der Waals surface area contributed by atoms with E-state index in [1.54, 1.807) is 0 Å². The van der Waals surface area contributed by atoms with Crippen LogP contribution >= 0.6 is 0 Å². The van der Waals surface area contributed by atoms with Gasteiger partial charge in [-0.2, -0.15) is 0 Å². The molecule has 12 rings (SSSR count). The summed E-state index contributed by atoms with van der Waals surface area (Å²) in [5.41, 5.74) is 8.74. The van der Waals surface area contributed by atoms with Crippen LogP contribution in [0.1, 0.15) is 0 Å². The number of aromatic nitrogens is 4. The molecule has 0 aliphatic heterocycles. The van der Waals surface area contributed by atoms with E-state index in [0.717, 1.165) is 22.4 Å². The normalized spacial score (nSPS) is 11.7. The van der Waals surface area contributed by atoms with Gasteiger partial charge in [0.05, 0.1) is 11.0 Å². The molecule has 4 nitrogen and oxygen atoms in total. The van der Waals surface area contributed by atoms with E-state index in [-0.39, 0.29) is 0 Å². The number of nitrogens with zero attached hydrogens (tertiary/aromatic N) is 4. The highest BCUT2D eigenvalue weighted by atomic mass is 15.0. The van der Waals surface area contributed by atoms with Crippen LogP contribution in [0.5, 0.6) is 0 Å². The summed E-state index contributed by atoms with van der Waals surface area (Å²) in [5, 5.41) is 12.4. The van der Waals surface area contributed by atoms with Gasteiger partial charge in [-0.1, -0.05) is 176 Å². The summed E-state index contributed by atoms with van der Waals surface area (Å²) >= 11 is 0. The van der Waals surface area contributed by atoms with Gasteiger partial charge in [0.15, 0.2) is 17.5 Å². The molecule has 59 heavy (non-hydrogen) atoms. The molecule has 2 aromatic heterocycles. The Labute approximate surface area is 340 Å². The lowest BCUT2D eigenvalue weighted by atomic mass is 9.88. The van der Waals surface area contributed by atoms with Gasteiger partial charge in [-0.25, -0.2) is 15.0 Å². The summed E-state index contributed by atoms with van der Waals surface area (Å²) in [6, 6.07) is 73.5. The van der Waals surface area contributed by atoms with Crippen LogP contribution in [0.3, 0.4) is 0 Å². The number of hydrogen-bond acceptors (Lipinski definition) is 3. The minimum atomic E-state index is 0.633. The first kappa shape index (κ1) is 33.2. The number of fused-ring (bicyclic) bond motifs is 12. The van der Waals surface area contributed by atoms with Gasteiger partial charge in [-0.05, 0) is 68.4 Å². The highest BCUT2D eigenvalue weighted by Crippen LogP contribution is 2.48. The fourth-order valence-electron chi connectivity index (χ4n) is 9.15. The van der Waals surface area contributed by atoms with Crippen LogP contribution in [0, 0.1) is 0 Å². The van der Waals surface area contributed by atoms with E-state index in [1.165, 1.54) is 76.0 Å². The average molecular weight is 751 g/mol. The second-order valence-electron chi connectivity index (χ2n) is 15.1. The van der Waals surface area contributed by atoms with Crippen molar-refractivity contribution in [3.63, 3.8) is 0 Å². The molecule has 0 bridgehead atoms. The molecule has 0 fully saturated rings. The first-order valence-electron chi connectivity index (χ1n) is 20.0. The molecule has 0 spiro atoms. The van der Waals surface area contributed by atoms with E-state index < -0.39 is 0 Å². The van der Waals surface area contributed by atoms with Crippen LogP contribution in [-0.4, -0.2) is 19.5 Å². The van der Waals surface area contributed by atoms with Gasteiger partial charge in [0.1, 0.15) is 0 Å². The SMILES string of the molecule is c1ccc(-c2nc(-c3ccccc3)nc(-c3ccc(-n4c5c6ccccc6ccc5c5c6c7ccccc7c(-c7ccccc7)cc6c6ccccc6c54)cc3)n2)cc1. The number of benzene rings is 10. The minimum absolute atomic E-state index is 0.633. The lowest BCUT2D eigenvalue weighted by Gasteiger charge is -2.16. The topological polar surface area (TPSA) is 43.6 Å². The molecule has 274 valence electrons. The zero-order valence-corrected chi connectivity index (χ0v) is 31.9. The predicted octanol–water partition coefficient (Wildman–Crippen LogP) is 14.2. The van der Waals surface area contributed by atoms with Crippen LogP contribution in [-0.2, 0) is 0 Å². The van der Waals surface area contributed by atoms with E-state index in [4.69, 9.17) is 15.0 Å². The highest BCUT2D eigenvalue weighted by Gasteiger charge is 2.23. The maximum Gasteiger partial charge on any atom is 0.164 e. The summed E-state index contributed by atoms with van der Waals surface area (Å²) < 4.78 is 2.50. The van der Waals surface area contributed by atoms with Gasteiger partial charge >= 0.3 is 0 Å². The predicted molar refractivity (Wildman–Crippen MR) is 246 cm³/mol. The Morgan fingerprint density at radius 3 is 1.41 bits per heavy atom. The second-order valence-corrected chi connectivity index (χ2v) is 15.1. The average Bonchev–Trinajstić information content (AvgIpc) is 3.68. The van der Waals surface area contributed by atoms with Gasteiger partial charge in [-0.15, -0.1) is 0 Å². The maximum absolute atomic E-state index is 5.04. The van der Waals surface area contributed by atoms with Crippen LogP contribution in [0.2, 0.25) is 0 Å². The van der Waals surface area contributed by atoms with Crippen molar-refractivity contribution in [2.75, 3.05) is 0 Å². The van der Waals surface area contributed by atoms with Crippen molar-refractivity contribution >= 4 is 64.9 Å². The fourth-order valence-corrected chi connectivity index (χ4v) is 9.15. The molecular formula is C55H34N4. The van der Waals surface area contributed by atoms with Crippen LogP contribution in [0.15, 0.2) is 206 Å². The molecule has 0 saturated heterocycles. The van der Waals surface area contributed by atoms with Gasteiger partial charge in [0.2, 0.25) is 0 Å². The summed E-state index contributed by atoms with van der Waals surface area (Å²) in [4.78, 5) is 15.0. The van der Waals surface area contributed by atoms with Crippen molar-refractivity contribution < 1.29 is 0 Å². The Morgan fingerprint density at radius 1 is 0.288 bits per heavy atom. The van der Waals surface area contributed by atoms with Crippen LogP contribution in [0.4, 0.5) is 0 Å². The maximum atomic E-state index is 5.04. The second kappa shape index (κ2) is 13.3. The third kappa shape index (κ3) is 5.27. The zero-order valence-electron chi connectivity index (χ0n) is 31.9. The summed E-state index contributed by atoms with van der Waals surface area (Å²) in [7, 11) is 0. The molecule has 0 unspecified atom stereocenters. The van der Waals surface area contributed by atoms with Gasteiger partial charge in [0, 0.05) is 49.3 Å². The van der Waals surface area contributed by atoms with Gasteiger partial charge < -0.3 is 4.57 Å². The summed E-state index contributed by atoms with van der Waals surface area (Å²) in [5.74, 6) is 1.93. The van der Waals surface area contributed by atoms with Crippen molar-refractivity contribution in [1.29, 1.82) is 0 Å². The lowest BCUT2D eigenvalue weighted by molar-refractivity contribution is 1.07. The van der Waals surface area contributed by atoms with E-state index in [0.29, 0.717) is 17.5 Å². The molecule has 12 aromatic rings. The Morgan fingerprint density at radius 2 is 0.780 bits per heavy atom. The van der Waals surface area contributed by atoms with E-state index >= 15 is 0 Å². The molecule has 0 aliphatic carbocycles. The Balaban J connectivity index is 1.16. The van der Waals surface area contributed by atoms with Crippen LogP contribution < -0.4 is 0 Å². The molecule has 0 aliphatic rings. The van der Waals surface area contributed by atoms with E-state index in [9.17, 15) is 0 Å². The van der Waals surface area contributed by atoms with Crippen LogP contribution in [0.25, 0.3) is 116 Å². The first-order valence-corrected chi connectivity index (χ1v) is 20.0. The highest BCUT2D eigenvalue weighted by molar-refractivity contribution is 6.39. The molecule has 2 heterocycles. The minimum Gasteiger partial charge on any atom is -0.308 e. The summed E-state index contributed by atoms with van der Waals surface area (Å²) in [6.07, 6.45) is 0. The van der Waals surface area contributed by atoms with Crippen molar-refractivity contribution in [3.05, 3.63) is 206 Å². The number of rotatable bonds is 5. The van der Waals surface area contributed by atoms with E-state index in [2.05, 4.69) is 150 Å². The smallest absolute Gasteiger partial charge is 0.164 e. The monoisotopic (exact) mass is 750 g/mol. The first-order chi connectivity index (χ1) is 29.3. The Bertz CT molecular complexity index is 3520. The van der Waals surface area contributed by atoms with Crippen molar-refractivity contribution in [3.8, 4) is 51.0 Å². The molecule has 0 N–H and O–H groups in total. The Kier molecular flexibility index (Phi) is 7.50. The molecule has 4 heteroatoms. The third-order valence-electron chi connectivity index (χ3n) is 11.8. The lowest BCUT2D eigenvalue weighted by Crippen LogP contribution is -2.00. The molecule has 0 amide bonds. The molecular weight excluding hydrogens is 717 g/mol. The molecule has 10 aromatic carbocycles. The largest absolute Gasteiger partial charge is 0.308 e. The molecule has 0 radical (unpaired) electrons. The van der Waals surface area contributed by atoms with Crippen molar-refractivity contribution in [2.24, 2.45) is 0 Å². The van der Waals surface area contributed by atoms with Crippen molar-refractivity contribution in [1.82, 2.24) is 19.5 Å². The fraction of sp³-hybridized carbons (Fsp3) is 0. The van der Waals surface area contributed by atoms with Gasteiger partial charge in [0.25, 0.3) is 0 Å². The molecule has 0 saturated carbocycles. The van der Waals surface area contributed by atoms with Crippen molar-refractivity contribution in [2.45, 2.75) is 0 Å². The molecule has 0 atom stereocenters.